The molecule has 1 fully saturated rings. The first-order valence-corrected chi connectivity index (χ1v) is 5.92. The minimum absolute atomic E-state index is 0.00536. The number of H-pyrrole nitrogens is 1. The van der Waals surface area contributed by atoms with E-state index < -0.39 is 0 Å². The van der Waals surface area contributed by atoms with E-state index in [1.54, 1.807) is 0 Å². The molecule has 5 N–H and O–H groups in total. The fraction of sp³-hybridized carbons (Fsp3) is 0.545. The molecule has 1 aliphatic rings. The number of hydrogen-bond acceptors (Lipinski definition) is 6. The predicted octanol–water partition coefficient (Wildman–Crippen LogP) is -0.361. The number of aromatic nitrogens is 4. The van der Waals surface area contributed by atoms with Crippen LogP contribution in [0.5, 0.6) is 0 Å². The van der Waals surface area contributed by atoms with Crippen LogP contribution in [0, 0.1) is 11.8 Å². The lowest BCUT2D eigenvalue weighted by molar-refractivity contribution is 0.0191. The van der Waals surface area contributed by atoms with Gasteiger partial charge in [0.05, 0.1) is 6.33 Å². The Balaban J connectivity index is 1.95. The predicted molar refractivity (Wildman–Crippen MR) is 64.6 cm³/mol. The van der Waals surface area contributed by atoms with Crippen molar-refractivity contribution in [1.29, 1.82) is 0 Å². The SMILES string of the molecule is Nc1nc(C2C[C@H](CO)[C@H]2CO)nc2nc[nH]c12. The molecule has 3 rings (SSSR count). The Morgan fingerprint density at radius 1 is 1.33 bits per heavy atom. The first-order valence-electron chi connectivity index (χ1n) is 5.92. The summed E-state index contributed by atoms with van der Waals surface area (Å²) < 4.78 is 0. The number of aliphatic hydroxyl groups is 2. The number of nitrogens with two attached hydrogens (primary N) is 1. The Labute approximate surface area is 103 Å². The number of aromatic amines is 1. The van der Waals surface area contributed by atoms with Crippen LogP contribution in [-0.2, 0) is 0 Å². The second-order valence-corrected chi connectivity index (χ2v) is 4.70. The zero-order chi connectivity index (χ0) is 12.7. The molecule has 0 radical (unpaired) electrons. The van der Waals surface area contributed by atoms with Crippen LogP contribution in [0.1, 0.15) is 18.2 Å². The van der Waals surface area contributed by atoms with Crippen molar-refractivity contribution in [3.8, 4) is 0 Å². The summed E-state index contributed by atoms with van der Waals surface area (Å²) in [7, 11) is 0. The van der Waals surface area contributed by atoms with Gasteiger partial charge in [-0.15, -0.1) is 0 Å². The average Bonchev–Trinajstić information content (AvgIpc) is 2.77. The van der Waals surface area contributed by atoms with Gasteiger partial charge >= 0.3 is 0 Å². The lowest BCUT2D eigenvalue weighted by Crippen LogP contribution is -2.40. The van der Waals surface area contributed by atoms with Crippen LogP contribution in [-0.4, -0.2) is 43.4 Å². The maximum absolute atomic E-state index is 9.34. The molecule has 2 aromatic rings. The molecule has 7 heteroatoms. The van der Waals surface area contributed by atoms with Crippen LogP contribution in [0.2, 0.25) is 0 Å². The van der Waals surface area contributed by atoms with Gasteiger partial charge in [-0.2, -0.15) is 0 Å². The van der Waals surface area contributed by atoms with Gasteiger partial charge in [-0.05, 0) is 18.3 Å². The maximum Gasteiger partial charge on any atom is 0.183 e. The second kappa shape index (κ2) is 4.18. The highest BCUT2D eigenvalue weighted by Gasteiger charge is 2.42. The number of nitrogens with zero attached hydrogens (tertiary/aromatic N) is 3. The van der Waals surface area contributed by atoms with Crippen LogP contribution in [0.4, 0.5) is 5.82 Å². The lowest BCUT2D eigenvalue weighted by atomic mass is 9.65. The quantitative estimate of drug-likeness (QED) is 0.589. The number of aliphatic hydroxyl groups excluding tert-OH is 2. The molecule has 0 saturated heterocycles. The zero-order valence-electron chi connectivity index (χ0n) is 9.74. The van der Waals surface area contributed by atoms with Crippen molar-refractivity contribution in [2.45, 2.75) is 12.3 Å². The van der Waals surface area contributed by atoms with Crippen molar-refractivity contribution in [3.63, 3.8) is 0 Å². The van der Waals surface area contributed by atoms with E-state index in [2.05, 4.69) is 19.9 Å². The maximum atomic E-state index is 9.34. The zero-order valence-corrected chi connectivity index (χ0v) is 9.74. The molecule has 96 valence electrons. The van der Waals surface area contributed by atoms with Crippen molar-refractivity contribution in [2.24, 2.45) is 11.8 Å². The lowest BCUT2D eigenvalue weighted by Gasteiger charge is -2.41. The highest BCUT2D eigenvalue weighted by molar-refractivity contribution is 5.80. The van der Waals surface area contributed by atoms with E-state index in [0.717, 1.165) is 6.42 Å². The molecular weight excluding hydrogens is 234 g/mol. The van der Waals surface area contributed by atoms with Gasteiger partial charge in [0.25, 0.3) is 0 Å². The number of nitrogen functional groups attached to an aromatic ring is 1. The van der Waals surface area contributed by atoms with Crippen LogP contribution in [0.3, 0.4) is 0 Å². The Kier molecular flexibility index (Phi) is 2.64. The summed E-state index contributed by atoms with van der Waals surface area (Å²) in [5.74, 6) is 1.16. The fourth-order valence-electron chi connectivity index (χ4n) is 2.63. The second-order valence-electron chi connectivity index (χ2n) is 4.70. The molecule has 0 aromatic carbocycles. The molecule has 2 heterocycles. The number of rotatable bonds is 3. The van der Waals surface area contributed by atoms with E-state index in [-0.39, 0.29) is 31.0 Å². The highest BCUT2D eigenvalue weighted by atomic mass is 16.3. The summed E-state index contributed by atoms with van der Waals surface area (Å²) in [6.45, 7) is 0.111. The molecule has 1 aliphatic carbocycles. The monoisotopic (exact) mass is 249 g/mol. The number of anilines is 1. The smallest absolute Gasteiger partial charge is 0.183 e. The summed E-state index contributed by atoms with van der Waals surface area (Å²) in [4.78, 5) is 15.6. The standard InChI is InChI=1S/C11H15N5O2/c12-9-8-11(14-4-13-8)16-10(15-9)6-1-5(2-17)7(6)3-18/h4-7,17-18H,1-3H2,(H3,12,13,14,15,16)/t5-,6?,7-/m1/s1. The van der Waals surface area contributed by atoms with Crippen molar-refractivity contribution in [2.75, 3.05) is 18.9 Å². The Morgan fingerprint density at radius 3 is 2.89 bits per heavy atom. The third kappa shape index (κ3) is 1.55. The van der Waals surface area contributed by atoms with E-state index in [1.807, 2.05) is 0 Å². The van der Waals surface area contributed by atoms with Crippen LogP contribution < -0.4 is 5.73 Å². The first kappa shape index (κ1) is 11.4. The van der Waals surface area contributed by atoms with Gasteiger partial charge in [-0.25, -0.2) is 15.0 Å². The fourth-order valence-corrected chi connectivity index (χ4v) is 2.63. The topological polar surface area (TPSA) is 121 Å². The Bertz CT molecular complexity index is 570. The summed E-state index contributed by atoms with van der Waals surface area (Å²) in [6.07, 6.45) is 2.30. The van der Waals surface area contributed by atoms with Gasteiger partial charge in [0.1, 0.15) is 11.3 Å². The van der Waals surface area contributed by atoms with Crippen molar-refractivity contribution >= 4 is 17.0 Å². The molecule has 0 amide bonds. The average molecular weight is 249 g/mol. The van der Waals surface area contributed by atoms with Gasteiger partial charge in [-0.3, -0.25) is 0 Å². The van der Waals surface area contributed by atoms with E-state index in [9.17, 15) is 5.11 Å². The number of imidazole rings is 1. The molecule has 0 bridgehead atoms. The third-order valence-corrected chi connectivity index (χ3v) is 3.79. The first-order chi connectivity index (χ1) is 8.74. The van der Waals surface area contributed by atoms with Gasteiger partial charge in [-0.1, -0.05) is 0 Å². The molecule has 2 aromatic heterocycles. The van der Waals surface area contributed by atoms with Gasteiger partial charge in [0.2, 0.25) is 0 Å². The summed E-state index contributed by atoms with van der Waals surface area (Å²) in [6, 6.07) is 0. The molecule has 3 atom stereocenters. The van der Waals surface area contributed by atoms with Crippen LogP contribution in [0.15, 0.2) is 6.33 Å². The normalized spacial score (nSPS) is 27.3. The Hall–Kier alpha value is -1.73. The summed E-state index contributed by atoms with van der Waals surface area (Å²) >= 11 is 0. The van der Waals surface area contributed by atoms with E-state index in [1.165, 1.54) is 6.33 Å². The number of hydrogen-bond donors (Lipinski definition) is 4. The minimum atomic E-state index is 0.00536. The molecule has 0 spiro atoms. The molecule has 18 heavy (non-hydrogen) atoms. The highest BCUT2D eigenvalue weighted by Crippen LogP contribution is 2.45. The third-order valence-electron chi connectivity index (χ3n) is 3.79. The van der Waals surface area contributed by atoms with E-state index >= 15 is 0 Å². The van der Waals surface area contributed by atoms with Crippen LogP contribution >= 0.6 is 0 Å². The number of nitrogens with one attached hydrogen (secondary N) is 1. The summed E-state index contributed by atoms with van der Waals surface area (Å²) in [5, 5.41) is 18.5. The largest absolute Gasteiger partial charge is 0.396 e. The van der Waals surface area contributed by atoms with Crippen molar-refractivity contribution in [1.82, 2.24) is 19.9 Å². The molecular formula is C11H15N5O2. The summed E-state index contributed by atoms with van der Waals surface area (Å²) in [5.41, 5.74) is 7.02. The van der Waals surface area contributed by atoms with Crippen LogP contribution in [0.25, 0.3) is 11.2 Å². The Morgan fingerprint density at radius 2 is 2.17 bits per heavy atom. The molecule has 0 aliphatic heterocycles. The molecule has 7 nitrogen and oxygen atoms in total. The molecule has 1 unspecified atom stereocenters. The van der Waals surface area contributed by atoms with Crippen molar-refractivity contribution < 1.29 is 10.2 Å². The van der Waals surface area contributed by atoms with Gasteiger partial charge < -0.3 is 20.9 Å². The van der Waals surface area contributed by atoms with Gasteiger partial charge in [0, 0.05) is 19.1 Å². The van der Waals surface area contributed by atoms with E-state index in [4.69, 9.17) is 10.8 Å². The van der Waals surface area contributed by atoms with E-state index in [0.29, 0.717) is 22.8 Å². The minimum Gasteiger partial charge on any atom is -0.396 e. The number of fused-ring (bicyclic) bond motifs is 1. The van der Waals surface area contributed by atoms with Gasteiger partial charge in [0.15, 0.2) is 11.5 Å². The van der Waals surface area contributed by atoms with Crippen molar-refractivity contribution in [3.05, 3.63) is 12.2 Å². The molecule has 1 saturated carbocycles.